The Balaban J connectivity index is 2.44. The van der Waals surface area contributed by atoms with Gasteiger partial charge in [0.2, 0.25) is 0 Å². The van der Waals surface area contributed by atoms with Crippen LogP contribution >= 0.6 is 0 Å². The number of anilines is 1. The van der Waals surface area contributed by atoms with Crippen LogP contribution in [0.5, 0.6) is 0 Å². The van der Waals surface area contributed by atoms with Crippen LogP contribution in [0.4, 0.5) is 14.5 Å². The van der Waals surface area contributed by atoms with Gasteiger partial charge in [-0.25, -0.2) is 8.78 Å². The van der Waals surface area contributed by atoms with Crippen molar-refractivity contribution in [1.82, 2.24) is 0 Å². The van der Waals surface area contributed by atoms with Crippen molar-refractivity contribution in [2.24, 2.45) is 5.92 Å². The molecule has 2 atom stereocenters. The molecule has 0 aromatic heterocycles. The van der Waals surface area contributed by atoms with Crippen LogP contribution in [0.15, 0.2) is 18.2 Å². The molecule has 0 spiro atoms. The monoisotopic (exact) mass is 308 g/mol. The summed E-state index contributed by atoms with van der Waals surface area (Å²) in [5.41, 5.74) is -0.304. The molecule has 3 nitrogen and oxygen atoms in total. The van der Waals surface area contributed by atoms with Crippen molar-refractivity contribution in [1.29, 1.82) is 5.26 Å². The first kappa shape index (κ1) is 16.7. The van der Waals surface area contributed by atoms with Gasteiger partial charge in [0.05, 0.1) is 17.2 Å². The third-order valence-electron chi connectivity index (χ3n) is 4.57. The molecule has 0 bridgehead atoms. The van der Waals surface area contributed by atoms with E-state index in [0.717, 1.165) is 13.3 Å². The molecule has 1 aromatic carbocycles. The first-order valence-electron chi connectivity index (χ1n) is 7.47. The Morgan fingerprint density at radius 3 is 2.41 bits per heavy atom. The summed E-state index contributed by atoms with van der Waals surface area (Å²) in [5, 5.41) is 19.2. The molecule has 1 aromatic rings. The van der Waals surface area contributed by atoms with E-state index in [0.29, 0.717) is 12.2 Å². The number of nitrogens with zero attached hydrogens (tertiary/aromatic N) is 2. The maximum absolute atomic E-state index is 14.0. The average Bonchev–Trinajstić information content (AvgIpc) is 2.78. The highest BCUT2D eigenvalue weighted by molar-refractivity contribution is 5.59. The predicted molar refractivity (Wildman–Crippen MR) is 81.9 cm³/mol. The molecule has 0 saturated carbocycles. The largest absolute Gasteiger partial charge is 0.390 e. The Hall–Kier alpha value is -1.67. The Bertz CT molecular complexity index is 596. The number of nitriles is 1. The zero-order chi connectivity index (χ0) is 16.7. The summed E-state index contributed by atoms with van der Waals surface area (Å²) in [6.07, 6.45) is 0.749. The molecule has 1 fully saturated rings. The molecule has 0 unspecified atom stereocenters. The third kappa shape index (κ3) is 3.07. The normalized spacial score (nSPS) is 22.7. The summed E-state index contributed by atoms with van der Waals surface area (Å²) in [4.78, 5) is 1.91. The Morgan fingerprint density at radius 2 is 1.95 bits per heavy atom. The van der Waals surface area contributed by atoms with E-state index in [9.17, 15) is 13.9 Å². The molecule has 1 aliphatic rings. The van der Waals surface area contributed by atoms with E-state index in [-0.39, 0.29) is 23.1 Å². The molecule has 1 heterocycles. The first-order valence-corrected chi connectivity index (χ1v) is 7.47. The van der Waals surface area contributed by atoms with Gasteiger partial charge in [-0.15, -0.1) is 0 Å². The van der Waals surface area contributed by atoms with Gasteiger partial charge in [0, 0.05) is 36.7 Å². The number of hydrogen-bond acceptors (Lipinski definition) is 3. The van der Waals surface area contributed by atoms with Crippen LogP contribution in [0, 0.1) is 17.2 Å². The maximum atomic E-state index is 14.0. The van der Waals surface area contributed by atoms with Gasteiger partial charge >= 0.3 is 0 Å². The quantitative estimate of drug-likeness (QED) is 0.927. The number of hydrogen-bond donors (Lipinski definition) is 1. The molecule has 5 heteroatoms. The minimum absolute atomic E-state index is 0.0153. The fraction of sp³-hybridized carbons (Fsp3) is 0.588. The van der Waals surface area contributed by atoms with Crippen LogP contribution < -0.4 is 4.90 Å². The molecule has 0 radical (unpaired) electrons. The minimum Gasteiger partial charge on any atom is -0.390 e. The standard InChI is InChI=1S/C17H22F2N2O/c1-11-13(16(2,3)22)7-8-21(11)15-6-5-12(10-20)9-14(15)17(4,18)19/h5-6,9,11,13,22H,7-8H2,1-4H3/t11-,13-/m0/s1. The van der Waals surface area contributed by atoms with Crippen molar-refractivity contribution in [2.45, 2.75) is 51.7 Å². The van der Waals surface area contributed by atoms with Gasteiger partial charge in [-0.3, -0.25) is 0 Å². The summed E-state index contributed by atoms with van der Waals surface area (Å²) >= 11 is 0. The summed E-state index contributed by atoms with van der Waals surface area (Å²) in [6, 6.07) is 6.28. The number of benzene rings is 1. The summed E-state index contributed by atoms with van der Waals surface area (Å²) < 4.78 is 27.9. The lowest BCUT2D eigenvalue weighted by atomic mass is 9.85. The molecule has 1 saturated heterocycles. The van der Waals surface area contributed by atoms with Crippen LogP contribution in [0.3, 0.4) is 0 Å². The second kappa shape index (κ2) is 5.51. The topological polar surface area (TPSA) is 47.3 Å². The smallest absolute Gasteiger partial charge is 0.272 e. The lowest BCUT2D eigenvalue weighted by Crippen LogP contribution is -2.40. The van der Waals surface area contributed by atoms with Crippen LogP contribution in [-0.4, -0.2) is 23.3 Å². The molecule has 0 amide bonds. The zero-order valence-corrected chi connectivity index (χ0v) is 13.4. The number of rotatable bonds is 3. The van der Waals surface area contributed by atoms with E-state index in [1.807, 2.05) is 17.9 Å². The van der Waals surface area contributed by atoms with E-state index in [1.165, 1.54) is 6.07 Å². The van der Waals surface area contributed by atoms with E-state index >= 15 is 0 Å². The Morgan fingerprint density at radius 1 is 1.32 bits per heavy atom. The molecular weight excluding hydrogens is 286 g/mol. The van der Waals surface area contributed by atoms with Gasteiger partial charge < -0.3 is 10.0 Å². The van der Waals surface area contributed by atoms with Crippen molar-refractivity contribution < 1.29 is 13.9 Å². The van der Waals surface area contributed by atoms with Gasteiger partial charge in [0.1, 0.15) is 0 Å². The van der Waals surface area contributed by atoms with Crippen LogP contribution in [0.25, 0.3) is 0 Å². The lowest BCUT2D eigenvalue weighted by molar-refractivity contribution is 0.0148. The van der Waals surface area contributed by atoms with Crippen LogP contribution in [-0.2, 0) is 5.92 Å². The highest BCUT2D eigenvalue weighted by Gasteiger charge is 2.41. The molecule has 120 valence electrons. The lowest BCUT2D eigenvalue weighted by Gasteiger charge is -2.34. The highest BCUT2D eigenvalue weighted by Crippen LogP contribution is 2.41. The van der Waals surface area contributed by atoms with Gasteiger partial charge in [-0.2, -0.15) is 5.26 Å². The van der Waals surface area contributed by atoms with Crippen LogP contribution in [0.1, 0.15) is 45.2 Å². The maximum Gasteiger partial charge on any atom is 0.272 e. The van der Waals surface area contributed by atoms with Crippen molar-refractivity contribution in [3.05, 3.63) is 29.3 Å². The van der Waals surface area contributed by atoms with Gasteiger partial charge in [0.25, 0.3) is 5.92 Å². The van der Waals surface area contributed by atoms with Crippen LogP contribution in [0.2, 0.25) is 0 Å². The average molecular weight is 308 g/mol. The summed E-state index contributed by atoms with van der Waals surface area (Å²) in [6.45, 7) is 6.93. The molecular formula is C17H22F2N2O. The first-order chi connectivity index (χ1) is 10.1. The fourth-order valence-electron chi connectivity index (χ4n) is 3.43. The van der Waals surface area contributed by atoms with Crippen molar-refractivity contribution in [2.75, 3.05) is 11.4 Å². The van der Waals surface area contributed by atoms with Gasteiger partial charge in [0.15, 0.2) is 0 Å². The fourth-order valence-corrected chi connectivity index (χ4v) is 3.43. The second-order valence-corrected chi connectivity index (χ2v) is 6.71. The molecule has 0 aliphatic carbocycles. The summed E-state index contributed by atoms with van der Waals surface area (Å²) in [5.74, 6) is -3.00. The van der Waals surface area contributed by atoms with Crippen molar-refractivity contribution >= 4 is 5.69 Å². The van der Waals surface area contributed by atoms with E-state index in [1.54, 1.807) is 26.0 Å². The van der Waals surface area contributed by atoms with E-state index in [2.05, 4.69) is 0 Å². The number of halogens is 2. The van der Waals surface area contributed by atoms with E-state index in [4.69, 9.17) is 5.26 Å². The molecule has 22 heavy (non-hydrogen) atoms. The predicted octanol–water partition coefficient (Wildman–Crippen LogP) is 3.66. The third-order valence-corrected chi connectivity index (χ3v) is 4.57. The molecule has 2 rings (SSSR count). The number of alkyl halides is 2. The minimum atomic E-state index is -3.02. The summed E-state index contributed by atoms with van der Waals surface area (Å²) in [7, 11) is 0. The van der Waals surface area contributed by atoms with Gasteiger partial charge in [-0.05, 0) is 45.4 Å². The second-order valence-electron chi connectivity index (χ2n) is 6.71. The van der Waals surface area contributed by atoms with Gasteiger partial charge in [-0.1, -0.05) is 0 Å². The highest BCUT2D eigenvalue weighted by atomic mass is 19.3. The van der Waals surface area contributed by atoms with Crippen molar-refractivity contribution in [3.63, 3.8) is 0 Å². The Labute approximate surface area is 130 Å². The molecule has 1 aliphatic heterocycles. The number of aliphatic hydroxyl groups is 1. The SMILES string of the molecule is C[C@H]1[C@@H](C(C)(C)O)CCN1c1ccc(C#N)cc1C(C)(F)F. The molecule has 1 N–H and O–H groups in total. The zero-order valence-electron chi connectivity index (χ0n) is 13.4. The van der Waals surface area contributed by atoms with Crippen molar-refractivity contribution in [3.8, 4) is 6.07 Å². The van der Waals surface area contributed by atoms with E-state index < -0.39 is 11.5 Å². The Kier molecular flexibility index (Phi) is 4.18.